The molecule has 0 saturated heterocycles. The van der Waals surface area contributed by atoms with E-state index < -0.39 is 11.2 Å². The van der Waals surface area contributed by atoms with Crippen molar-refractivity contribution in [1.82, 2.24) is 23.7 Å². The van der Waals surface area contributed by atoms with E-state index in [-0.39, 0.29) is 28.7 Å². The van der Waals surface area contributed by atoms with Gasteiger partial charge in [-0.05, 0) is 18.2 Å². The largest absolute Gasteiger partial charge is 0.493 e. The molecule has 11 heteroatoms. The van der Waals surface area contributed by atoms with Crippen molar-refractivity contribution in [3.63, 3.8) is 0 Å². The zero-order chi connectivity index (χ0) is 19.5. The van der Waals surface area contributed by atoms with E-state index in [2.05, 4.69) is 36.1 Å². The lowest BCUT2D eigenvalue weighted by atomic mass is 10.2. The molecule has 0 radical (unpaired) electrons. The molecule has 4 rings (SSSR count). The molecule has 138 valence electrons. The highest BCUT2D eigenvalue weighted by Gasteiger charge is 2.17. The van der Waals surface area contributed by atoms with Gasteiger partial charge in [0.05, 0.1) is 5.52 Å². The van der Waals surface area contributed by atoms with Gasteiger partial charge in [-0.3, -0.25) is 13.9 Å². The van der Waals surface area contributed by atoms with Gasteiger partial charge in [0, 0.05) is 31.0 Å². The van der Waals surface area contributed by atoms with Gasteiger partial charge in [-0.15, -0.1) is 10.2 Å². The van der Waals surface area contributed by atoms with Crippen molar-refractivity contribution in [1.29, 1.82) is 0 Å². The maximum absolute atomic E-state index is 12.4. The third-order valence-corrected chi connectivity index (χ3v) is 4.90. The molecular weight excluding hydrogens is 418 g/mol. The van der Waals surface area contributed by atoms with Crippen LogP contribution in [0, 0.1) is 0 Å². The molecule has 0 aliphatic rings. The zero-order valence-corrected chi connectivity index (χ0v) is 16.1. The van der Waals surface area contributed by atoms with E-state index in [4.69, 9.17) is 0 Å². The Hall–Kier alpha value is -3.21. The molecule has 4 aromatic rings. The number of imidazole rings is 1. The van der Waals surface area contributed by atoms with Crippen molar-refractivity contribution in [3.05, 3.63) is 43.5 Å². The number of nitrogens with zero attached hydrogens (tertiary/aromatic N) is 6. The van der Waals surface area contributed by atoms with Crippen LogP contribution < -0.4 is 11.2 Å². The maximum atomic E-state index is 12.4. The van der Waals surface area contributed by atoms with Crippen LogP contribution in [0.4, 0.5) is 11.6 Å². The minimum Gasteiger partial charge on any atom is -0.493 e. The molecule has 0 amide bonds. The number of halogens is 1. The maximum Gasteiger partial charge on any atom is 0.332 e. The van der Waals surface area contributed by atoms with Crippen LogP contribution in [0.25, 0.3) is 22.1 Å². The Bertz CT molecular complexity index is 1370. The average Bonchev–Trinajstić information content (AvgIpc) is 3.13. The predicted molar refractivity (Wildman–Crippen MR) is 103 cm³/mol. The SMILES string of the molecule is Cn1c(=O)c2c(nc(N=Nc3c(O)[nH]c4ccc(Br)cc34)n2C)n(C)c1=O. The third kappa shape index (κ3) is 2.50. The Morgan fingerprint density at radius 2 is 1.85 bits per heavy atom. The van der Waals surface area contributed by atoms with Crippen LogP contribution in [0.5, 0.6) is 5.88 Å². The summed E-state index contributed by atoms with van der Waals surface area (Å²) in [6, 6.07) is 5.43. The van der Waals surface area contributed by atoms with Crippen molar-refractivity contribution in [2.24, 2.45) is 31.4 Å². The van der Waals surface area contributed by atoms with E-state index in [1.54, 1.807) is 19.2 Å². The predicted octanol–water partition coefficient (Wildman–Crippen LogP) is 2.34. The van der Waals surface area contributed by atoms with Crippen molar-refractivity contribution in [3.8, 4) is 5.88 Å². The summed E-state index contributed by atoms with van der Waals surface area (Å²) in [4.78, 5) is 31.5. The molecule has 0 fully saturated rings. The number of hydrogen-bond acceptors (Lipinski definition) is 6. The molecule has 3 heterocycles. The highest BCUT2D eigenvalue weighted by atomic mass is 79.9. The molecule has 10 nitrogen and oxygen atoms in total. The minimum atomic E-state index is -0.479. The van der Waals surface area contributed by atoms with E-state index in [1.807, 2.05) is 6.07 Å². The second-order valence-corrected chi connectivity index (χ2v) is 6.98. The van der Waals surface area contributed by atoms with Crippen LogP contribution >= 0.6 is 15.9 Å². The van der Waals surface area contributed by atoms with Gasteiger partial charge in [-0.25, -0.2) is 4.79 Å². The number of hydrogen-bond donors (Lipinski definition) is 2. The van der Waals surface area contributed by atoms with E-state index in [9.17, 15) is 14.7 Å². The fourth-order valence-corrected chi connectivity index (χ4v) is 3.29. The number of H-pyrrole nitrogens is 1. The fourth-order valence-electron chi connectivity index (χ4n) is 2.93. The van der Waals surface area contributed by atoms with E-state index >= 15 is 0 Å². The molecule has 27 heavy (non-hydrogen) atoms. The molecule has 0 bridgehead atoms. The number of aryl methyl sites for hydroxylation is 2. The third-order valence-electron chi connectivity index (χ3n) is 4.41. The van der Waals surface area contributed by atoms with Crippen LogP contribution in [-0.4, -0.2) is 28.8 Å². The molecule has 0 aliphatic carbocycles. The van der Waals surface area contributed by atoms with Crippen LogP contribution in [-0.2, 0) is 21.1 Å². The Morgan fingerprint density at radius 1 is 1.11 bits per heavy atom. The Balaban J connectivity index is 1.92. The zero-order valence-electron chi connectivity index (χ0n) is 14.6. The van der Waals surface area contributed by atoms with Gasteiger partial charge in [-0.2, -0.15) is 4.98 Å². The lowest BCUT2D eigenvalue weighted by Crippen LogP contribution is -2.37. The molecule has 0 spiro atoms. The molecule has 3 aromatic heterocycles. The highest BCUT2D eigenvalue weighted by molar-refractivity contribution is 9.10. The number of rotatable bonds is 2. The summed E-state index contributed by atoms with van der Waals surface area (Å²) in [6.07, 6.45) is 0. The molecular formula is C16H14BrN7O3. The smallest absolute Gasteiger partial charge is 0.332 e. The molecule has 0 saturated carbocycles. The first-order chi connectivity index (χ1) is 12.8. The number of nitrogens with one attached hydrogen (secondary N) is 1. The van der Waals surface area contributed by atoms with Crippen LogP contribution in [0.15, 0.2) is 42.5 Å². The molecule has 0 aliphatic heterocycles. The second kappa shape index (κ2) is 5.91. The van der Waals surface area contributed by atoms with Gasteiger partial charge in [0.2, 0.25) is 5.88 Å². The number of fused-ring (bicyclic) bond motifs is 2. The summed E-state index contributed by atoms with van der Waals surface area (Å²) in [6.45, 7) is 0. The summed E-state index contributed by atoms with van der Waals surface area (Å²) in [5.74, 6) is 0.000903. The summed E-state index contributed by atoms with van der Waals surface area (Å²) in [5.41, 5.74) is 0.451. The van der Waals surface area contributed by atoms with Crippen molar-refractivity contribution in [2.45, 2.75) is 0 Å². The van der Waals surface area contributed by atoms with Gasteiger partial charge in [0.25, 0.3) is 11.5 Å². The van der Waals surface area contributed by atoms with Crippen molar-refractivity contribution < 1.29 is 5.11 Å². The van der Waals surface area contributed by atoms with E-state index in [0.717, 1.165) is 9.04 Å². The quantitative estimate of drug-likeness (QED) is 0.472. The van der Waals surface area contributed by atoms with Crippen molar-refractivity contribution in [2.75, 3.05) is 0 Å². The molecule has 2 N–H and O–H groups in total. The second-order valence-electron chi connectivity index (χ2n) is 6.06. The monoisotopic (exact) mass is 431 g/mol. The van der Waals surface area contributed by atoms with Gasteiger partial charge in [0.15, 0.2) is 16.9 Å². The van der Waals surface area contributed by atoms with Crippen molar-refractivity contribution >= 4 is 49.6 Å². The van der Waals surface area contributed by atoms with Crippen LogP contribution in [0.2, 0.25) is 0 Å². The van der Waals surface area contributed by atoms with Crippen LogP contribution in [0.1, 0.15) is 0 Å². The lowest BCUT2D eigenvalue weighted by molar-refractivity contribution is 0.459. The normalized spacial score (nSPS) is 12.0. The lowest BCUT2D eigenvalue weighted by Gasteiger charge is -2.02. The minimum absolute atomic E-state index is 0.131. The molecule has 0 unspecified atom stereocenters. The van der Waals surface area contributed by atoms with Gasteiger partial charge >= 0.3 is 5.69 Å². The highest BCUT2D eigenvalue weighted by Crippen LogP contribution is 2.37. The van der Waals surface area contributed by atoms with E-state index in [1.165, 1.54) is 23.2 Å². The molecule has 1 aromatic carbocycles. The average molecular weight is 432 g/mol. The number of aromatic hydroxyl groups is 1. The summed E-state index contributed by atoms with van der Waals surface area (Å²) in [5, 5.41) is 19.0. The standard InChI is InChI=1S/C16H14BrN7O3/c1-22-11-12(23(2)16(27)24(3)14(11)26)19-15(22)21-20-10-8-6-7(17)4-5-9(8)18-13(10)25/h4-6,18,25H,1-3H3. The first-order valence-corrected chi connectivity index (χ1v) is 8.63. The number of azo groups is 1. The molecule has 0 atom stereocenters. The summed E-state index contributed by atoms with van der Waals surface area (Å²) < 4.78 is 4.57. The Morgan fingerprint density at radius 3 is 2.59 bits per heavy atom. The number of aromatic amines is 1. The Kier molecular flexibility index (Phi) is 3.77. The summed E-state index contributed by atoms with van der Waals surface area (Å²) >= 11 is 3.38. The van der Waals surface area contributed by atoms with E-state index in [0.29, 0.717) is 10.9 Å². The first-order valence-electron chi connectivity index (χ1n) is 7.84. The van der Waals surface area contributed by atoms with Gasteiger partial charge < -0.3 is 14.7 Å². The van der Waals surface area contributed by atoms with Gasteiger partial charge in [-0.1, -0.05) is 15.9 Å². The van der Waals surface area contributed by atoms with Crippen LogP contribution in [0.3, 0.4) is 0 Å². The number of benzene rings is 1. The fraction of sp³-hybridized carbons (Fsp3) is 0.188. The number of aromatic nitrogens is 5. The Labute approximate surface area is 159 Å². The van der Waals surface area contributed by atoms with Gasteiger partial charge in [0.1, 0.15) is 0 Å². The topological polar surface area (TPSA) is 123 Å². The first kappa shape index (κ1) is 17.2. The summed E-state index contributed by atoms with van der Waals surface area (Å²) in [7, 11) is 4.54.